The molecule has 1 aromatic heterocycles. The second-order valence-electron chi connectivity index (χ2n) is 9.48. The van der Waals surface area contributed by atoms with Gasteiger partial charge in [-0.3, -0.25) is 0 Å². The van der Waals surface area contributed by atoms with Crippen molar-refractivity contribution in [3.63, 3.8) is 0 Å². The van der Waals surface area contributed by atoms with Crippen LogP contribution in [0.4, 0.5) is 10.3 Å². The Hall–Kier alpha value is -2.40. The van der Waals surface area contributed by atoms with Crippen molar-refractivity contribution in [3.8, 4) is 5.75 Å². The second kappa shape index (κ2) is 10.7. The van der Waals surface area contributed by atoms with Crippen molar-refractivity contribution < 1.29 is 9.13 Å². The van der Waals surface area contributed by atoms with E-state index in [9.17, 15) is 4.39 Å². The van der Waals surface area contributed by atoms with Crippen LogP contribution in [0.5, 0.6) is 5.75 Å². The molecule has 1 aromatic carbocycles. The predicted molar refractivity (Wildman–Crippen MR) is 137 cm³/mol. The Morgan fingerprint density at radius 3 is 2.80 bits per heavy atom. The van der Waals surface area contributed by atoms with E-state index in [1.807, 2.05) is 18.8 Å². The number of hydrogen-bond acceptors (Lipinski definition) is 9. The lowest BCUT2D eigenvalue weighted by Crippen LogP contribution is -2.51. The second-order valence-corrected chi connectivity index (χ2v) is 10.6. The van der Waals surface area contributed by atoms with Gasteiger partial charge in [-0.2, -0.15) is 0 Å². The Balaban J connectivity index is 1.39. The number of methoxy groups -OCH3 is 1. The summed E-state index contributed by atoms with van der Waals surface area (Å²) in [6.45, 7) is 4.26. The number of hydrazine groups is 1. The van der Waals surface area contributed by atoms with Gasteiger partial charge in [0.15, 0.2) is 5.82 Å². The average molecular weight is 500 g/mol. The van der Waals surface area contributed by atoms with Crippen molar-refractivity contribution in [1.29, 1.82) is 0 Å². The number of aromatic nitrogens is 2. The summed E-state index contributed by atoms with van der Waals surface area (Å²) in [6, 6.07) is 8.51. The largest absolute Gasteiger partial charge is 0.497 e. The minimum atomic E-state index is -0.442. The van der Waals surface area contributed by atoms with Gasteiger partial charge >= 0.3 is 0 Å². The van der Waals surface area contributed by atoms with Crippen LogP contribution in [0.2, 0.25) is 0 Å². The van der Waals surface area contributed by atoms with E-state index in [0.717, 1.165) is 62.9 Å². The standard InChI is InChI=1S/C25H34FN7OS/c1-27-9-3-10-32-11-8-25-13-22(30-24-28-14-20(26)15-29-24)31-33(25)17-35-23(25)19(16-32)12-18-4-6-21(34-2)7-5-18/h4-7,13-15,19,23,27,31H,3,8-12,16-17H2,1-2H3,(H,28,29,30). The number of hydrogen-bond donors (Lipinski definition) is 3. The molecule has 0 radical (unpaired) electrons. The molecule has 3 aliphatic heterocycles. The maximum atomic E-state index is 13.3. The van der Waals surface area contributed by atoms with Crippen molar-refractivity contribution in [2.24, 2.45) is 5.92 Å². The van der Waals surface area contributed by atoms with Gasteiger partial charge in [-0.1, -0.05) is 12.1 Å². The van der Waals surface area contributed by atoms with Crippen LogP contribution in [-0.2, 0) is 6.42 Å². The lowest BCUT2D eigenvalue weighted by atomic mass is 9.82. The summed E-state index contributed by atoms with van der Waals surface area (Å²) in [5.41, 5.74) is 4.79. The molecule has 3 atom stereocenters. The minimum Gasteiger partial charge on any atom is -0.497 e. The number of anilines is 1. The molecule has 8 nitrogen and oxygen atoms in total. The fraction of sp³-hybridized carbons (Fsp3) is 0.520. The number of ether oxygens (including phenoxy) is 1. The molecule has 3 N–H and O–H groups in total. The molecule has 0 aliphatic carbocycles. The van der Waals surface area contributed by atoms with Gasteiger partial charge in [-0.05, 0) is 69.1 Å². The zero-order valence-corrected chi connectivity index (χ0v) is 21.2. The lowest BCUT2D eigenvalue weighted by Gasteiger charge is -2.35. The van der Waals surface area contributed by atoms with Crippen molar-refractivity contribution >= 4 is 17.7 Å². The third-order valence-corrected chi connectivity index (χ3v) is 8.76. The SMILES string of the molecule is CNCCCN1CCC23C=C(Nc4ncc(F)cn4)NN2CSC3C(Cc2ccc(OC)cc2)C1. The molecule has 10 heteroatoms. The van der Waals surface area contributed by atoms with E-state index in [1.54, 1.807) is 7.11 Å². The Labute approximate surface area is 210 Å². The first-order chi connectivity index (χ1) is 17.1. The number of benzene rings is 1. The Morgan fingerprint density at radius 2 is 2.06 bits per heavy atom. The molecule has 3 unspecified atom stereocenters. The monoisotopic (exact) mass is 499 g/mol. The predicted octanol–water partition coefficient (Wildman–Crippen LogP) is 2.68. The smallest absolute Gasteiger partial charge is 0.228 e. The third-order valence-electron chi connectivity index (χ3n) is 7.20. The van der Waals surface area contributed by atoms with Crippen LogP contribution >= 0.6 is 11.8 Å². The van der Waals surface area contributed by atoms with Crippen LogP contribution in [0.25, 0.3) is 0 Å². The highest BCUT2D eigenvalue weighted by molar-refractivity contribution is 8.00. The van der Waals surface area contributed by atoms with Crippen LogP contribution in [0.1, 0.15) is 18.4 Å². The van der Waals surface area contributed by atoms with Gasteiger partial charge < -0.3 is 25.7 Å². The average Bonchev–Trinajstić information content (AvgIpc) is 3.34. The quantitative estimate of drug-likeness (QED) is 0.452. The lowest BCUT2D eigenvalue weighted by molar-refractivity contribution is 0.133. The van der Waals surface area contributed by atoms with Gasteiger partial charge in [0.2, 0.25) is 5.95 Å². The summed E-state index contributed by atoms with van der Waals surface area (Å²) < 4.78 is 18.6. The van der Waals surface area contributed by atoms with Gasteiger partial charge in [0.25, 0.3) is 0 Å². The van der Waals surface area contributed by atoms with Crippen LogP contribution in [-0.4, -0.2) is 76.9 Å². The van der Waals surface area contributed by atoms with E-state index in [0.29, 0.717) is 17.1 Å². The fourth-order valence-electron chi connectivity index (χ4n) is 5.53. The normalized spacial score (nSPS) is 26.4. The molecule has 2 fully saturated rings. The summed E-state index contributed by atoms with van der Waals surface area (Å²) >= 11 is 2.04. The molecule has 3 aliphatic rings. The summed E-state index contributed by atoms with van der Waals surface area (Å²) in [7, 11) is 3.72. The summed E-state index contributed by atoms with van der Waals surface area (Å²) in [4.78, 5) is 10.8. The van der Waals surface area contributed by atoms with E-state index < -0.39 is 5.82 Å². The molecular formula is C25H34FN7OS. The molecule has 1 spiro atoms. The molecule has 2 aromatic rings. The van der Waals surface area contributed by atoms with Crippen LogP contribution in [0.3, 0.4) is 0 Å². The van der Waals surface area contributed by atoms with Crippen LogP contribution in [0.15, 0.2) is 48.6 Å². The first kappa shape index (κ1) is 24.3. The van der Waals surface area contributed by atoms with Crippen molar-refractivity contribution in [2.75, 3.05) is 51.5 Å². The van der Waals surface area contributed by atoms with Gasteiger partial charge in [-0.15, -0.1) is 11.8 Å². The van der Waals surface area contributed by atoms with E-state index >= 15 is 0 Å². The van der Waals surface area contributed by atoms with Gasteiger partial charge in [0.1, 0.15) is 11.6 Å². The van der Waals surface area contributed by atoms with Gasteiger partial charge in [0, 0.05) is 18.3 Å². The van der Waals surface area contributed by atoms with E-state index in [-0.39, 0.29) is 5.54 Å². The zero-order valence-electron chi connectivity index (χ0n) is 20.3. The highest BCUT2D eigenvalue weighted by atomic mass is 32.2. The van der Waals surface area contributed by atoms with Gasteiger partial charge in [0.05, 0.1) is 30.9 Å². The van der Waals surface area contributed by atoms with E-state index in [4.69, 9.17) is 4.74 Å². The van der Waals surface area contributed by atoms with E-state index in [1.165, 1.54) is 18.0 Å². The summed E-state index contributed by atoms with van der Waals surface area (Å²) in [5, 5.41) is 9.34. The Bertz CT molecular complexity index is 1020. The minimum absolute atomic E-state index is 0.0953. The molecule has 188 valence electrons. The number of likely N-dealkylation sites (tertiary alicyclic amines) is 1. The fourth-order valence-corrected chi connectivity index (χ4v) is 7.20. The number of halogens is 1. The number of thioether (sulfide) groups is 1. The molecule has 0 bridgehead atoms. The summed E-state index contributed by atoms with van der Waals surface area (Å²) in [5.74, 6) is 3.12. The zero-order chi connectivity index (χ0) is 24.3. The first-order valence-corrected chi connectivity index (χ1v) is 13.3. The van der Waals surface area contributed by atoms with Crippen LogP contribution < -0.4 is 20.8 Å². The highest BCUT2D eigenvalue weighted by Gasteiger charge is 2.55. The van der Waals surface area contributed by atoms with Crippen molar-refractivity contribution in [3.05, 3.63) is 59.9 Å². The van der Waals surface area contributed by atoms with Crippen molar-refractivity contribution in [2.45, 2.75) is 30.1 Å². The van der Waals surface area contributed by atoms with E-state index in [2.05, 4.69) is 66.3 Å². The molecule has 4 heterocycles. The number of nitrogens with zero attached hydrogens (tertiary/aromatic N) is 4. The Morgan fingerprint density at radius 1 is 1.26 bits per heavy atom. The maximum Gasteiger partial charge on any atom is 0.228 e. The van der Waals surface area contributed by atoms with Crippen molar-refractivity contribution in [1.82, 2.24) is 30.6 Å². The van der Waals surface area contributed by atoms with Gasteiger partial charge in [-0.25, -0.2) is 19.4 Å². The molecule has 0 amide bonds. The number of rotatable bonds is 9. The first-order valence-electron chi connectivity index (χ1n) is 12.2. The molecule has 5 rings (SSSR count). The topological polar surface area (TPSA) is 77.6 Å². The Kier molecular flexibility index (Phi) is 7.43. The molecule has 0 saturated carbocycles. The van der Waals surface area contributed by atoms with Crippen LogP contribution in [0, 0.1) is 11.7 Å². The highest BCUT2D eigenvalue weighted by Crippen LogP contribution is 2.49. The third kappa shape index (κ3) is 5.25. The maximum absolute atomic E-state index is 13.3. The molecular weight excluding hydrogens is 465 g/mol. The molecule has 35 heavy (non-hydrogen) atoms. The number of nitrogens with one attached hydrogen (secondary N) is 3. The molecule has 2 saturated heterocycles. The summed E-state index contributed by atoms with van der Waals surface area (Å²) in [6.07, 6.45) is 7.90.